The molecule has 0 spiro atoms. The first-order valence-electron chi connectivity index (χ1n) is 4.73. The number of nitrogens with zero attached hydrogens (tertiary/aromatic N) is 1. The van der Waals surface area contributed by atoms with Gasteiger partial charge < -0.3 is 20.8 Å². The molecular formula is C9H18N2O3. The van der Waals surface area contributed by atoms with E-state index in [1.165, 1.54) is 4.90 Å². The predicted molar refractivity (Wildman–Crippen MR) is 51.4 cm³/mol. The van der Waals surface area contributed by atoms with Crippen molar-refractivity contribution in [2.24, 2.45) is 11.7 Å². The van der Waals surface area contributed by atoms with Crippen molar-refractivity contribution in [3.05, 3.63) is 0 Å². The third-order valence-electron chi connectivity index (χ3n) is 2.48. The van der Waals surface area contributed by atoms with Gasteiger partial charge in [0, 0.05) is 19.0 Å². The minimum Gasteiger partial charge on any atom is -0.396 e. The fraction of sp³-hybridized carbons (Fsp3) is 0.889. The number of carbonyl (C=O) groups excluding carboxylic acids is 1. The van der Waals surface area contributed by atoms with Crippen molar-refractivity contribution >= 4 is 5.91 Å². The molecule has 1 fully saturated rings. The monoisotopic (exact) mass is 202 g/mol. The second-order valence-electron chi connectivity index (χ2n) is 4.44. The van der Waals surface area contributed by atoms with E-state index in [2.05, 4.69) is 0 Å². The first kappa shape index (κ1) is 11.4. The molecule has 0 aliphatic carbocycles. The van der Waals surface area contributed by atoms with E-state index in [-0.39, 0.29) is 25.0 Å². The van der Waals surface area contributed by atoms with Gasteiger partial charge in [-0.1, -0.05) is 0 Å². The smallest absolute Gasteiger partial charge is 0.242 e. The molecule has 1 saturated heterocycles. The predicted octanol–water partition coefficient (Wildman–Crippen LogP) is -1.46. The number of hydrogen-bond acceptors (Lipinski definition) is 4. The van der Waals surface area contributed by atoms with Crippen LogP contribution in [0.1, 0.15) is 13.8 Å². The van der Waals surface area contributed by atoms with Gasteiger partial charge in [0.15, 0.2) is 0 Å². The second kappa shape index (κ2) is 3.84. The summed E-state index contributed by atoms with van der Waals surface area (Å²) in [5.74, 6) is -0.422. The van der Waals surface area contributed by atoms with Crippen LogP contribution in [-0.2, 0) is 4.79 Å². The van der Waals surface area contributed by atoms with Crippen LogP contribution in [0, 0.1) is 5.92 Å². The van der Waals surface area contributed by atoms with Crippen molar-refractivity contribution in [1.82, 2.24) is 4.90 Å². The highest BCUT2D eigenvalue weighted by atomic mass is 16.3. The Bertz CT molecular complexity index is 225. The zero-order chi connectivity index (χ0) is 10.9. The number of carbonyl (C=O) groups is 1. The van der Waals surface area contributed by atoms with E-state index in [0.717, 1.165) is 0 Å². The molecular weight excluding hydrogens is 184 g/mol. The summed E-state index contributed by atoms with van der Waals surface area (Å²) in [6.07, 6.45) is -0.633. The van der Waals surface area contributed by atoms with E-state index in [1.807, 2.05) is 0 Å². The number of nitrogens with two attached hydrogens (primary N) is 1. The lowest BCUT2D eigenvalue weighted by Gasteiger charge is -2.25. The maximum Gasteiger partial charge on any atom is 0.242 e. The number of β-amino-alcohol motifs (C(OH)–C–C–N with tert-alkyl or cyclic N) is 1. The van der Waals surface area contributed by atoms with E-state index < -0.39 is 11.6 Å². The van der Waals surface area contributed by atoms with E-state index in [1.54, 1.807) is 13.8 Å². The largest absolute Gasteiger partial charge is 0.396 e. The molecule has 1 heterocycles. The molecule has 1 aliphatic rings. The topological polar surface area (TPSA) is 86.8 Å². The Morgan fingerprint density at radius 2 is 2.14 bits per heavy atom. The third-order valence-corrected chi connectivity index (χ3v) is 2.48. The van der Waals surface area contributed by atoms with Gasteiger partial charge in [-0.2, -0.15) is 0 Å². The summed E-state index contributed by atoms with van der Waals surface area (Å²) in [6, 6.07) is 0. The molecule has 2 unspecified atom stereocenters. The highest BCUT2D eigenvalue weighted by Crippen LogP contribution is 2.18. The molecule has 2 atom stereocenters. The van der Waals surface area contributed by atoms with Crippen molar-refractivity contribution in [1.29, 1.82) is 0 Å². The summed E-state index contributed by atoms with van der Waals surface area (Å²) < 4.78 is 0. The van der Waals surface area contributed by atoms with Crippen molar-refractivity contribution in [3.8, 4) is 0 Å². The molecule has 4 N–H and O–H groups in total. The van der Waals surface area contributed by atoms with Crippen molar-refractivity contribution in [2.75, 3.05) is 19.7 Å². The van der Waals surface area contributed by atoms with Crippen LogP contribution in [0.3, 0.4) is 0 Å². The average Bonchev–Trinajstić information content (AvgIpc) is 2.43. The highest BCUT2D eigenvalue weighted by molar-refractivity contribution is 5.85. The number of aliphatic hydroxyl groups excluding tert-OH is 2. The SMILES string of the molecule is CC(C)(N)C(=O)N1CC(O)C(CO)C1. The van der Waals surface area contributed by atoms with Crippen LogP contribution in [-0.4, -0.2) is 52.4 Å². The zero-order valence-corrected chi connectivity index (χ0v) is 8.60. The minimum atomic E-state index is -0.913. The molecule has 0 saturated carbocycles. The lowest BCUT2D eigenvalue weighted by Crippen LogP contribution is -2.50. The Balaban J connectivity index is 2.62. The summed E-state index contributed by atoms with van der Waals surface area (Å²) in [6.45, 7) is 3.82. The van der Waals surface area contributed by atoms with Crippen molar-refractivity contribution < 1.29 is 15.0 Å². The number of amides is 1. The lowest BCUT2D eigenvalue weighted by atomic mass is 10.1. The summed E-state index contributed by atoms with van der Waals surface area (Å²) in [5.41, 5.74) is 4.74. The van der Waals surface area contributed by atoms with Gasteiger partial charge in [0.05, 0.1) is 18.2 Å². The van der Waals surface area contributed by atoms with E-state index in [9.17, 15) is 9.90 Å². The normalized spacial score (nSPS) is 28.2. The molecule has 14 heavy (non-hydrogen) atoms. The maximum absolute atomic E-state index is 11.7. The molecule has 0 aromatic carbocycles. The first-order chi connectivity index (χ1) is 6.36. The Morgan fingerprint density at radius 1 is 1.57 bits per heavy atom. The third kappa shape index (κ3) is 2.23. The summed E-state index contributed by atoms with van der Waals surface area (Å²) in [4.78, 5) is 13.2. The fourth-order valence-corrected chi connectivity index (χ4v) is 1.61. The van der Waals surface area contributed by atoms with Crippen molar-refractivity contribution in [2.45, 2.75) is 25.5 Å². The maximum atomic E-state index is 11.7. The molecule has 0 aromatic heterocycles. The molecule has 5 nitrogen and oxygen atoms in total. The van der Waals surface area contributed by atoms with Gasteiger partial charge in [-0.15, -0.1) is 0 Å². The van der Waals surface area contributed by atoms with E-state index in [4.69, 9.17) is 10.8 Å². The Morgan fingerprint density at radius 3 is 2.50 bits per heavy atom. The van der Waals surface area contributed by atoms with Crippen LogP contribution in [0.2, 0.25) is 0 Å². The second-order valence-corrected chi connectivity index (χ2v) is 4.44. The molecule has 5 heteroatoms. The molecule has 1 amide bonds. The Labute approximate surface area is 83.5 Å². The molecule has 0 aromatic rings. The average molecular weight is 202 g/mol. The van der Waals surface area contributed by atoms with Crippen LogP contribution < -0.4 is 5.73 Å². The number of likely N-dealkylation sites (tertiary alicyclic amines) is 1. The van der Waals surface area contributed by atoms with Gasteiger partial charge in [0.25, 0.3) is 0 Å². The van der Waals surface area contributed by atoms with Gasteiger partial charge in [-0.25, -0.2) is 0 Å². The van der Waals surface area contributed by atoms with E-state index in [0.29, 0.717) is 6.54 Å². The van der Waals surface area contributed by atoms with Gasteiger partial charge in [-0.3, -0.25) is 4.79 Å². The van der Waals surface area contributed by atoms with Gasteiger partial charge in [0.1, 0.15) is 0 Å². The quantitative estimate of drug-likeness (QED) is 0.510. The van der Waals surface area contributed by atoms with Gasteiger partial charge in [0.2, 0.25) is 5.91 Å². The minimum absolute atomic E-state index is 0.101. The van der Waals surface area contributed by atoms with Crippen LogP contribution in [0.25, 0.3) is 0 Å². The van der Waals surface area contributed by atoms with Crippen LogP contribution in [0.4, 0.5) is 0 Å². The first-order valence-corrected chi connectivity index (χ1v) is 4.73. The number of aliphatic hydroxyl groups is 2. The van der Waals surface area contributed by atoms with Gasteiger partial charge in [-0.05, 0) is 13.8 Å². The summed E-state index contributed by atoms with van der Waals surface area (Å²) in [7, 11) is 0. The fourth-order valence-electron chi connectivity index (χ4n) is 1.61. The zero-order valence-electron chi connectivity index (χ0n) is 8.60. The molecule has 0 bridgehead atoms. The Kier molecular flexibility index (Phi) is 3.14. The van der Waals surface area contributed by atoms with Crippen LogP contribution in [0.15, 0.2) is 0 Å². The molecule has 0 radical (unpaired) electrons. The van der Waals surface area contributed by atoms with E-state index >= 15 is 0 Å². The standard InChI is InChI=1S/C9H18N2O3/c1-9(2,10)8(14)11-3-6(5-12)7(13)4-11/h6-7,12-13H,3-5,10H2,1-2H3. The molecule has 1 rings (SSSR count). The van der Waals surface area contributed by atoms with Crippen molar-refractivity contribution in [3.63, 3.8) is 0 Å². The summed E-state index contributed by atoms with van der Waals surface area (Å²) >= 11 is 0. The molecule has 1 aliphatic heterocycles. The molecule has 82 valence electrons. The van der Waals surface area contributed by atoms with Crippen LogP contribution >= 0.6 is 0 Å². The number of rotatable bonds is 2. The highest BCUT2D eigenvalue weighted by Gasteiger charge is 2.37. The Hall–Kier alpha value is -0.650. The lowest BCUT2D eigenvalue weighted by molar-refractivity contribution is -0.135. The van der Waals surface area contributed by atoms with Crippen LogP contribution in [0.5, 0.6) is 0 Å². The summed E-state index contributed by atoms with van der Waals surface area (Å²) in [5, 5.41) is 18.4. The van der Waals surface area contributed by atoms with Gasteiger partial charge >= 0.3 is 0 Å². The number of hydrogen-bond donors (Lipinski definition) is 3.